The molecule has 0 saturated heterocycles. The van der Waals surface area contributed by atoms with Crippen molar-refractivity contribution in [3.63, 3.8) is 0 Å². The predicted molar refractivity (Wildman–Crippen MR) is 158 cm³/mol. The quantitative estimate of drug-likeness (QED) is 0.308. The summed E-state index contributed by atoms with van der Waals surface area (Å²) >= 11 is 0. The number of ether oxygens (including phenoxy) is 1. The van der Waals surface area contributed by atoms with Crippen LogP contribution in [0, 0.1) is 5.92 Å². The maximum absolute atomic E-state index is 13.8. The van der Waals surface area contributed by atoms with E-state index < -0.39 is 30.4 Å². The van der Waals surface area contributed by atoms with Crippen molar-refractivity contribution in [2.45, 2.75) is 58.2 Å². The molecule has 0 spiro atoms. The highest BCUT2D eigenvalue weighted by Gasteiger charge is 2.30. The molecule has 226 valence electrons. The summed E-state index contributed by atoms with van der Waals surface area (Å²) in [6.07, 6.45) is 2.08. The van der Waals surface area contributed by atoms with Gasteiger partial charge in [0.05, 0.1) is 22.8 Å². The van der Waals surface area contributed by atoms with Crippen molar-refractivity contribution in [2.24, 2.45) is 13.0 Å². The van der Waals surface area contributed by atoms with Crippen LogP contribution in [-0.4, -0.2) is 78.5 Å². The molecule has 2 N–H and O–H groups in total. The van der Waals surface area contributed by atoms with Crippen molar-refractivity contribution in [1.29, 1.82) is 0 Å². The van der Waals surface area contributed by atoms with E-state index in [-0.39, 0.29) is 18.1 Å². The second-order valence-corrected chi connectivity index (χ2v) is 12.5. The molecule has 1 aliphatic heterocycles. The summed E-state index contributed by atoms with van der Waals surface area (Å²) in [5, 5.41) is 12.9. The van der Waals surface area contributed by atoms with Crippen LogP contribution >= 0.6 is 0 Å². The molecule has 1 aromatic carbocycles. The molecule has 11 nitrogen and oxygen atoms in total. The van der Waals surface area contributed by atoms with E-state index in [0.717, 1.165) is 41.5 Å². The number of nitrogens with one attached hydrogen (secondary N) is 1. The van der Waals surface area contributed by atoms with Crippen LogP contribution in [0.2, 0.25) is 0 Å². The fourth-order valence-electron chi connectivity index (χ4n) is 5.67. The van der Waals surface area contributed by atoms with Gasteiger partial charge in [-0.25, -0.2) is 23.9 Å². The van der Waals surface area contributed by atoms with Crippen LogP contribution < -0.4 is 5.32 Å². The Morgan fingerprint density at radius 1 is 1.19 bits per heavy atom. The summed E-state index contributed by atoms with van der Waals surface area (Å²) in [5.74, 6) is -0.120. The van der Waals surface area contributed by atoms with Gasteiger partial charge in [-0.1, -0.05) is 0 Å². The fraction of sp³-hybridized carbons (Fsp3) is 0.452. The zero-order valence-corrected chi connectivity index (χ0v) is 24.7. The number of carboxylic acid groups (broad SMARTS) is 1. The summed E-state index contributed by atoms with van der Waals surface area (Å²) in [7, 11) is 1.93. The van der Waals surface area contributed by atoms with E-state index in [9.17, 15) is 23.9 Å². The van der Waals surface area contributed by atoms with Crippen molar-refractivity contribution < 1.29 is 28.6 Å². The van der Waals surface area contributed by atoms with Gasteiger partial charge in [-0.05, 0) is 81.8 Å². The first kappa shape index (κ1) is 28.6. The number of rotatable bonds is 8. The predicted octanol–water partition coefficient (Wildman–Crippen LogP) is 4.56. The van der Waals surface area contributed by atoms with Crippen molar-refractivity contribution in [3.05, 3.63) is 47.2 Å². The molecule has 43 heavy (non-hydrogen) atoms. The van der Waals surface area contributed by atoms with Crippen molar-refractivity contribution >= 4 is 40.0 Å². The number of aromatic nitrogens is 4. The molecule has 1 saturated carbocycles. The third-order valence-electron chi connectivity index (χ3n) is 7.95. The minimum absolute atomic E-state index is 0.00812. The van der Waals surface area contributed by atoms with E-state index in [0.29, 0.717) is 41.4 Å². The average Bonchev–Trinajstić information content (AvgIpc) is 3.62. The van der Waals surface area contributed by atoms with Crippen LogP contribution in [0.4, 0.5) is 9.18 Å². The first-order valence-corrected chi connectivity index (χ1v) is 14.5. The van der Waals surface area contributed by atoms with Gasteiger partial charge in [0.25, 0.3) is 5.91 Å². The van der Waals surface area contributed by atoms with E-state index >= 15 is 0 Å². The van der Waals surface area contributed by atoms with Gasteiger partial charge in [0.2, 0.25) is 0 Å². The molecule has 1 aliphatic carbocycles. The molecule has 3 aromatic heterocycles. The van der Waals surface area contributed by atoms with Crippen molar-refractivity contribution in [1.82, 2.24) is 29.3 Å². The molecule has 6 rings (SSSR count). The average molecular weight is 591 g/mol. The van der Waals surface area contributed by atoms with Crippen LogP contribution in [0.5, 0.6) is 0 Å². The Hall–Kier alpha value is -4.48. The number of fused-ring (bicyclic) bond motifs is 3. The van der Waals surface area contributed by atoms with E-state index in [1.54, 1.807) is 37.8 Å². The molecule has 1 atom stereocenters. The van der Waals surface area contributed by atoms with Crippen LogP contribution in [0.3, 0.4) is 0 Å². The lowest BCUT2D eigenvalue weighted by atomic mass is 9.97. The number of hydrogen-bond acceptors (Lipinski definition) is 6. The van der Waals surface area contributed by atoms with Gasteiger partial charge in [-0.3, -0.25) is 4.79 Å². The third kappa shape index (κ3) is 5.65. The second kappa shape index (κ2) is 10.7. The van der Waals surface area contributed by atoms with Crippen LogP contribution in [0.15, 0.2) is 30.3 Å². The summed E-state index contributed by atoms with van der Waals surface area (Å²) in [4.78, 5) is 48.3. The minimum Gasteiger partial charge on any atom is -0.477 e. The molecule has 2 amide bonds. The third-order valence-corrected chi connectivity index (χ3v) is 7.95. The Morgan fingerprint density at radius 2 is 1.95 bits per heavy atom. The van der Waals surface area contributed by atoms with Gasteiger partial charge >= 0.3 is 12.1 Å². The number of aryl methyl sites for hydroxylation is 1. The smallest absolute Gasteiger partial charge is 0.408 e. The number of halogens is 1. The van der Waals surface area contributed by atoms with Gasteiger partial charge in [0.1, 0.15) is 17.9 Å². The van der Waals surface area contributed by atoms with Crippen LogP contribution in [-0.2, 0) is 24.8 Å². The molecule has 4 aromatic rings. The Kier molecular flexibility index (Phi) is 7.10. The zero-order valence-electron chi connectivity index (χ0n) is 24.7. The lowest BCUT2D eigenvalue weighted by molar-refractivity contribution is 0.0465. The summed E-state index contributed by atoms with van der Waals surface area (Å²) < 4.78 is 23.1. The monoisotopic (exact) mass is 590 g/mol. The van der Waals surface area contributed by atoms with E-state index in [1.807, 2.05) is 23.7 Å². The second-order valence-electron chi connectivity index (χ2n) is 12.5. The molecule has 0 unspecified atom stereocenters. The van der Waals surface area contributed by atoms with Gasteiger partial charge in [-0.2, -0.15) is 0 Å². The highest BCUT2D eigenvalue weighted by molar-refractivity contribution is 6.01. The van der Waals surface area contributed by atoms with Crippen molar-refractivity contribution in [2.75, 3.05) is 19.8 Å². The number of alkyl halides is 1. The molecule has 2 aliphatic rings. The Labute approximate surface area is 247 Å². The van der Waals surface area contributed by atoms with Gasteiger partial charge in [0.15, 0.2) is 11.5 Å². The number of benzene rings is 1. The standard InChI is InChI=1S/C31H35FN6O5/c1-31(2,3)43-30(42)33-20(14-32)16-37-10-9-18-11-24-23(13-21(18)28(37)39)35-27(36(24)4)25-12-19-7-8-22(29(40)41)34-26(19)38(25)15-17-5-6-17/h7-8,11-13,17,20H,5-6,9-10,14-16H2,1-4H3,(H,33,42)(H,40,41)/t20-/m1/s1. The first-order valence-electron chi connectivity index (χ1n) is 14.5. The number of nitrogens with zero attached hydrogens (tertiary/aromatic N) is 5. The Balaban J connectivity index is 1.31. The van der Waals surface area contributed by atoms with Crippen molar-refractivity contribution in [3.8, 4) is 11.5 Å². The Bertz CT molecular complexity index is 1770. The maximum Gasteiger partial charge on any atom is 0.408 e. The van der Waals surface area contributed by atoms with Crippen LogP contribution in [0.25, 0.3) is 33.6 Å². The van der Waals surface area contributed by atoms with Gasteiger partial charge in [0, 0.05) is 37.6 Å². The molecule has 4 heterocycles. The SMILES string of the molecule is Cn1c(-c2cc3ccc(C(=O)O)nc3n2CC2CC2)nc2cc3c(cc21)CCN(C[C@@H](CF)NC(=O)OC(C)(C)C)C3=O. The normalized spacial score (nSPS) is 16.0. The lowest BCUT2D eigenvalue weighted by Crippen LogP contribution is -2.50. The van der Waals surface area contributed by atoms with E-state index in [2.05, 4.69) is 14.9 Å². The molecule has 0 radical (unpaired) electrons. The van der Waals surface area contributed by atoms with Crippen LogP contribution in [0.1, 0.15) is 60.0 Å². The van der Waals surface area contributed by atoms with Gasteiger partial charge < -0.3 is 29.2 Å². The summed E-state index contributed by atoms with van der Waals surface area (Å²) in [6.45, 7) is 5.47. The highest BCUT2D eigenvalue weighted by atomic mass is 19.1. The molecule has 1 fully saturated rings. The number of carbonyl (C=O) groups excluding carboxylic acids is 2. The fourth-order valence-corrected chi connectivity index (χ4v) is 5.67. The molecular weight excluding hydrogens is 555 g/mol. The molecule has 0 bridgehead atoms. The number of hydrogen-bond donors (Lipinski definition) is 2. The first-order chi connectivity index (χ1) is 20.4. The minimum atomic E-state index is -1.08. The number of aromatic carboxylic acids is 1. The Morgan fingerprint density at radius 3 is 2.63 bits per heavy atom. The maximum atomic E-state index is 13.8. The van der Waals surface area contributed by atoms with E-state index in [1.165, 1.54) is 6.07 Å². The largest absolute Gasteiger partial charge is 0.477 e. The lowest BCUT2D eigenvalue weighted by Gasteiger charge is -2.31. The molecular formula is C31H35FN6O5. The number of alkyl carbamates (subject to hydrolysis) is 1. The molecule has 12 heteroatoms. The number of carboxylic acids is 1. The number of imidazole rings is 1. The number of amides is 2. The summed E-state index contributed by atoms with van der Waals surface area (Å²) in [6, 6.07) is 8.13. The topological polar surface area (TPSA) is 132 Å². The number of carbonyl (C=O) groups is 3. The van der Waals surface area contributed by atoms with E-state index in [4.69, 9.17) is 9.72 Å². The summed E-state index contributed by atoms with van der Waals surface area (Å²) in [5.41, 5.74) is 3.61. The van der Waals surface area contributed by atoms with Gasteiger partial charge in [-0.15, -0.1) is 0 Å². The highest BCUT2D eigenvalue weighted by Crippen LogP contribution is 2.36. The zero-order chi connectivity index (χ0) is 30.6. The number of pyridine rings is 1.